The van der Waals surface area contributed by atoms with Crippen LogP contribution in [0.25, 0.3) is 0 Å². The number of benzene rings is 1. The fourth-order valence-electron chi connectivity index (χ4n) is 2.50. The van der Waals surface area contributed by atoms with Gasteiger partial charge in [-0.1, -0.05) is 0 Å². The SMILES string of the molecule is COc1cc(OC)c([C@@H](N)B2OC(C)(C)C(C)(C)O2)cc1OC. The molecule has 1 heterocycles. The van der Waals surface area contributed by atoms with Crippen molar-refractivity contribution in [2.24, 2.45) is 5.73 Å². The largest absolute Gasteiger partial charge is 0.496 e. The number of hydrogen-bond donors (Lipinski definition) is 1. The highest BCUT2D eigenvalue weighted by atomic mass is 16.7. The van der Waals surface area contributed by atoms with Crippen LogP contribution in [-0.2, 0) is 9.31 Å². The number of ether oxygens (including phenoxy) is 3. The van der Waals surface area contributed by atoms with Crippen LogP contribution in [0.4, 0.5) is 0 Å². The van der Waals surface area contributed by atoms with E-state index in [2.05, 4.69) is 0 Å². The Morgan fingerprint density at radius 2 is 1.30 bits per heavy atom. The Morgan fingerprint density at radius 3 is 1.74 bits per heavy atom. The monoisotopic (exact) mass is 323 g/mol. The zero-order valence-corrected chi connectivity index (χ0v) is 14.9. The third-order valence-corrected chi connectivity index (χ3v) is 4.66. The maximum Gasteiger partial charge on any atom is 0.480 e. The van der Waals surface area contributed by atoms with E-state index in [1.165, 1.54) is 0 Å². The summed E-state index contributed by atoms with van der Waals surface area (Å²) in [4.78, 5) is 0. The lowest BCUT2D eigenvalue weighted by Crippen LogP contribution is -2.41. The first kappa shape index (κ1) is 17.9. The molecule has 1 aliphatic rings. The summed E-state index contributed by atoms with van der Waals surface area (Å²) in [5.41, 5.74) is 6.26. The highest BCUT2D eigenvalue weighted by molar-refractivity contribution is 6.47. The lowest BCUT2D eigenvalue weighted by molar-refractivity contribution is 0.00578. The molecule has 1 saturated heterocycles. The molecule has 0 unspecified atom stereocenters. The molecule has 7 heteroatoms. The molecule has 0 radical (unpaired) electrons. The molecule has 1 aliphatic heterocycles. The molecule has 0 aliphatic carbocycles. The molecule has 23 heavy (non-hydrogen) atoms. The van der Waals surface area contributed by atoms with Gasteiger partial charge in [0.25, 0.3) is 0 Å². The van der Waals surface area contributed by atoms with E-state index in [1.54, 1.807) is 33.5 Å². The smallest absolute Gasteiger partial charge is 0.480 e. The maximum atomic E-state index is 6.41. The van der Waals surface area contributed by atoms with Crippen molar-refractivity contribution in [2.45, 2.75) is 44.8 Å². The van der Waals surface area contributed by atoms with Crippen LogP contribution in [0.2, 0.25) is 0 Å². The topological polar surface area (TPSA) is 72.2 Å². The Kier molecular flexibility index (Phi) is 4.85. The van der Waals surface area contributed by atoms with E-state index in [0.29, 0.717) is 17.2 Å². The highest BCUT2D eigenvalue weighted by Crippen LogP contribution is 2.43. The summed E-state index contributed by atoms with van der Waals surface area (Å²) in [6.45, 7) is 7.97. The summed E-state index contributed by atoms with van der Waals surface area (Å²) in [6, 6.07) is 3.55. The fraction of sp³-hybridized carbons (Fsp3) is 0.625. The van der Waals surface area contributed by atoms with Gasteiger partial charge in [0.1, 0.15) is 5.75 Å². The van der Waals surface area contributed by atoms with Crippen molar-refractivity contribution in [1.82, 2.24) is 0 Å². The molecule has 1 atom stereocenters. The third-order valence-electron chi connectivity index (χ3n) is 4.66. The Morgan fingerprint density at radius 1 is 0.870 bits per heavy atom. The van der Waals surface area contributed by atoms with Gasteiger partial charge in [-0.3, -0.25) is 0 Å². The average Bonchev–Trinajstić information content (AvgIpc) is 2.73. The van der Waals surface area contributed by atoms with Crippen LogP contribution in [0.3, 0.4) is 0 Å². The van der Waals surface area contributed by atoms with Crippen LogP contribution < -0.4 is 19.9 Å². The fourth-order valence-corrected chi connectivity index (χ4v) is 2.50. The molecule has 128 valence electrons. The summed E-state index contributed by atoms with van der Waals surface area (Å²) in [7, 11) is 4.16. The van der Waals surface area contributed by atoms with Gasteiger partial charge < -0.3 is 29.3 Å². The summed E-state index contributed by atoms with van der Waals surface area (Å²) in [5, 5.41) is 0. The molecule has 0 spiro atoms. The normalized spacial score (nSPS) is 20.3. The summed E-state index contributed by atoms with van der Waals surface area (Å²) >= 11 is 0. The van der Waals surface area contributed by atoms with Crippen molar-refractivity contribution >= 4 is 7.12 Å². The van der Waals surface area contributed by atoms with Gasteiger partial charge in [0.15, 0.2) is 11.5 Å². The zero-order chi connectivity index (χ0) is 17.4. The molecule has 6 nitrogen and oxygen atoms in total. The van der Waals surface area contributed by atoms with Gasteiger partial charge in [0, 0.05) is 11.6 Å². The molecular weight excluding hydrogens is 297 g/mol. The van der Waals surface area contributed by atoms with Gasteiger partial charge in [0.2, 0.25) is 0 Å². The molecule has 0 amide bonds. The zero-order valence-electron chi connectivity index (χ0n) is 14.9. The molecule has 0 aromatic heterocycles. The quantitative estimate of drug-likeness (QED) is 0.839. The molecule has 2 rings (SSSR count). The first-order valence-electron chi connectivity index (χ1n) is 7.58. The second kappa shape index (κ2) is 6.22. The lowest BCUT2D eigenvalue weighted by Gasteiger charge is -2.32. The Bertz CT molecular complexity index is 560. The standard InChI is InChI=1S/C16H26BNO5/c1-15(2)16(3,4)23-17(22-15)14(18)10-8-12(20-6)13(21-7)9-11(10)19-5/h8-9,14H,18H2,1-7H3/t14-/m1/s1. The third kappa shape index (κ3) is 3.13. The van der Waals surface area contributed by atoms with Crippen LogP contribution >= 0.6 is 0 Å². The molecule has 1 aromatic rings. The highest BCUT2D eigenvalue weighted by Gasteiger charge is 2.53. The molecule has 0 bridgehead atoms. The van der Waals surface area contributed by atoms with Gasteiger partial charge >= 0.3 is 7.12 Å². The Balaban J connectivity index is 2.38. The Hall–Kier alpha value is -1.44. The van der Waals surface area contributed by atoms with E-state index in [1.807, 2.05) is 27.7 Å². The van der Waals surface area contributed by atoms with E-state index in [-0.39, 0.29) is 0 Å². The number of nitrogens with two attached hydrogens (primary N) is 1. The second-order valence-electron chi connectivity index (χ2n) is 6.60. The van der Waals surface area contributed by atoms with Gasteiger partial charge in [-0.15, -0.1) is 0 Å². The molecule has 0 saturated carbocycles. The maximum absolute atomic E-state index is 6.41. The predicted molar refractivity (Wildman–Crippen MR) is 89.1 cm³/mol. The minimum absolute atomic E-state index is 0.445. The van der Waals surface area contributed by atoms with Gasteiger partial charge in [-0.2, -0.15) is 0 Å². The lowest BCUT2D eigenvalue weighted by atomic mass is 9.74. The summed E-state index contributed by atoms with van der Waals surface area (Å²) in [6.07, 6.45) is 0. The van der Waals surface area contributed by atoms with E-state index in [9.17, 15) is 0 Å². The van der Waals surface area contributed by atoms with Crippen LogP contribution in [0, 0.1) is 0 Å². The van der Waals surface area contributed by atoms with E-state index in [0.717, 1.165) is 5.56 Å². The van der Waals surface area contributed by atoms with E-state index >= 15 is 0 Å². The summed E-state index contributed by atoms with van der Waals surface area (Å²) in [5.74, 6) is 1.24. The van der Waals surface area contributed by atoms with Gasteiger partial charge in [0.05, 0.1) is 38.5 Å². The second-order valence-corrected chi connectivity index (χ2v) is 6.60. The van der Waals surface area contributed by atoms with Crippen LogP contribution in [-0.4, -0.2) is 39.6 Å². The van der Waals surface area contributed by atoms with Crippen molar-refractivity contribution in [1.29, 1.82) is 0 Å². The first-order valence-corrected chi connectivity index (χ1v) is 7.58. The van der Waals surface area contributed by atoms with Crippen LogP contribution in [0.1, 0.15) is 39.2 Å². The van der Waals surface area contributed by atoms with Crippen LogP contribution in [0.5, 0.6) is 17.2 Å². The molecule has 1 fully saturated rings. The molecule has 2 N–H and O–H groups in total. The minimum Gasteiger partial charge on any atom is -0.496 e. The molecule has 1 aromatic carbocycles. The van der Waals surface area contributed by atoms with E-state index in [4.69, 9.17) is 29.3 Å². The number of rotatable bonds is 5. The first-order chi connectivity index (χ1) is 10.7. The van der Waals surface area contributed by atoms with E-state index < -0.39 is 24.3 Å². The summed E-state index contributed by atoms with van der Waals surface area (Å²) < 4.78 is 28.2. The van der Waals surface area contributed by atoms with Crippen molar-refractivity contribution < 1.29 is 23.5 Å². The predicted octanol–water partition coefficient (Wildman–Crippen LogP) is 2.34. The number of hydrogen-bond acceptors (Lipinski definition) is 6. The van der Waals surface area contributed by atoms with Crippen molar-refractivity contribution in [3.8, 4) is 17.2 Å². The van der Waals surface area contributed by atoms with Gasteiger partial charge in [-0.25, -0.2) is 0 Å². The van der Waals surface area contributed by atoms with Gasteiger partial charge in [-0.05, 0) is 33.8 Å². The van der Waals surface area contributed by atoms with Crippen molar-refractivity contribution in [3.05, 3.63) is 17.7 Å². The van der Waals surface area contributed by atoms with Crippen molar-refractivity contribution in [3.63, 3.8) is 0 Å². The Labute approximate surface area is 138 Å². The molecular formula is C16H26BNO5. The van der Waals surface area contributed by atoms with Crippen LogP contribution in [0.15, 0.2) is 12.1 Å². The number of methoxy groups -OCH3 is 3. The minimum atomic E-state index is -0.577. The van der Waals surface area contributed by atoms with Crippen molar-refractivity contribution in [2.75, 3.05) is 21.3 Å². The average molecular weight is 323 g/mol.